The third-order valence-corrected chi connectivity index (χ3v) is 4.77. The van der Waals surface area contributed by atoms with Crippen LogP contribution in [0.3, 0.4) is 0 Å². The Balaban J connectivity index is 1.64. The van der Waals surface area contributed by atoms with E-state index in [2.05, 4.69) is 11.9 Å². The number of hydrogen-bond acceptors (Lipinski definition) is 4. The standard InChI is InChI=1S/C23H26N2O4/c1-16(2)15-29-19-10-8-18(9-11-19)23(4)21(26)25(22(27)24-23)12-13-28-20-7-5-6-17(3)14-20/h5-11,14H,1,12-13,15H2,2-4H3,(H,24,27). The zero-order valence-electron chi connectivity index (χ0n) is 17.0. The first-order valence-corrected chi connectivity index (χ1v) is 9.51. The average Bonchev–Trinajstić information content (AvgIpc) is 2.90. The molecule has 0 saturated carbocycles. The SMILES string of the molecule is C=C(C)COc1ccc(C2(C)NC(=O)N(CCOc3cccc(C)c3)C2=O)cc1. The quantitative estimate of drug-likeness (QED) is 0.546. The van der Waals surface area contributed by atoms with Gasteiger partial charge in [0.2, 0.25) is 0 Å². The highest BCUT2D eigenvalue weighted by Crippen LogP contribution is 2.30. The van der Waals surface area contributed by atoms with Gasteiger partial charge in [0, 0.05) is 0 Å². The summed E-state index contributed by atoms with van der Waals surface area (Å²) in [6.45, 7) is 10.2. The summed E-state index contributed by atoms with van der Waals surface area (Å²) >= 11 is 0. The number of benzene rings is 2. The fraction of sp³-hybridized carbons (Fsp3) is 0.304. The Bertz CT molecular complexity index is 923. The summed E-state index contributed by atoms with van der Waals surface area (Å²) in [5, 5.41) is 2.80. The predicted molar refractivity (Wildman–Crippen MR) is 111 cm³/mol. The first-order chi connectivity index (χ1) is 13.8. The van der Waals surface area contributed by atoms with Crippen LogP contribution in [0.4, 0.5) is 4.79 Å². The van der Waals surface area contributed by atoms with Gasteiger partial charge in [-0.3, -0.25) is 9.69 Å². The highest BCUT2D eigenvalue weighted by atomic mass is 16.5. The molecule has 3 amide bonds. The summed E-state index contributed by atoms with van der Waals surface area (Å²) in [5.74, 6) is 1.09. The van der Waals surface area contributed by atoms with Crippen molar-refractivity contribution in [1.82, 2.24) is 10.2 Å². The Kier molecular flexibility index (Phi) is 5.92. The van der Waals surface area contributed by atoms with Crippen LogP contribution in [-0.2, 0) is 10.3 Å². The van der Waals surface area contributed by atoms with Gasteiger partial charge in [-0.2, -0.15) is 0 Å². The lowest BCUT2D eigenvalue weighted by Gasteiger charge is -2.22. The van der Waals surface area contributed by atoms with E-state index in [0.29, 0.717) is 23.7 Å². The van der Waals surface area contributed by atoms with Crippen molar-refractivity contribution in [1.29, 1.82) is 0 Å². The molecule has 1 atom stereocenters. The molecule has 1 heterocycles. The number of imide groups is 1. The van der Waals surface area contributed by atoms with Crippen molar-refractivity contribution in [2.45, 2.75) is 26.3 Å². The molecule has 152 valence electrons. The van der Waals surface area contributed by atoms with E-state index >= 15 is 0 Å². The Hall–Kier alpha value is -3.28. The molecule has 6 nitrogen and oxygen atoms in total. The van der Waals surface area contributed by atoms with E-state index in [9.17, 15) is 9.59 Å². The molecule has 2 aromatic carbocycles. The van der Waals surface area contributed by atoms with Crippen molar-refractivity contribution in [3.63, 3.8) is 0 Å². The van der Waals surface area contributed by atoms with Gasteiger partial charge in [-0.15, -0.1) is 0 Å². The number of aryl methyl sites for hydroxylation is 1. The lowest BCUT2D eigenvalue weighted by Crippen LogP contribution is -2.41. The molecular weight excluding hydrogens is 368 g/mol. The summed E-state index contributed by atoms with van der Waals surface area (Å²) in [4.78, 5) is 26.6. The summed E-state index contributed by atoms with van der Waals surface area (Å²) in [6, 6.07) is 14.4. The second-order valence-electron chi connectivity index (χ2n) is 7.45. The van der Waals surface area contributed by atoms with Gasteiger partial charge in [0.25, 0.3) is 5.91 Å². The fourth-order valence-corrected chi connectivity index (χ4v) is 3.15. The summed E-state index contributed by atoms with van der Waals surface area (Å²) in [5.41, 5.74) is 1.58. The maximum Gasteiger partial charge on any atom is 0.325 e. The number of urea groups is 1. The van der Waals surface area contributed by atoms with Gasteiger partial charge in [-0.25, -0.2) is 4.79 Å². The number of amides is 3. The smallest absolute Gasteiger partial charge is 0.325 e. The third kappa shape index (κ3) is 4.59. The molecule has 2 aromatic rings. The van der Waals surface area contributed by atoms with Crippen LogP contribution in [-0.4, -0.2) is 36.6 Å². The fourth-order valence-electron chi connectivity index (χ4n) is 3.15. The minimum Gasteiger partial charge on any atom is -0.492 e. The molecule has 1 fully saturated rings. The average molecular weight is 394 g/mol. The summed E-state index contributed by atoms with van der Waals surface area (Å²) in [6.07, 6.45) is 0. The molecule has 0 spiro atoms. The first-order valence-electron chi connectivity index (χ1n) is 9.51. The van der Waals surface area contributed by atoms with E-state index in [1.807, 2.05) is 38.1 Å². The molecule has 0 aromatic heterocycles. The second kappa shape index (κ2) is 8.39. The molecule has 0 radical (unpaired) electrons. The minimum absolute atomic E-state index is 0.175. The first kappa shape index (κ1) is 20.5. The van der Waals surface area contributed by atoms with Crippen LogP contribution < -0.4 is 14.8 Å². The third-order valence-electron chi connectivity index (χ3n) is 4.77. The van der Waals surface area contributed by atoms with Crippen LogP contribution in [0.5, 0.6) is 11.5 Å². The van der Waals surface area contributed by atoms with E-state index in [4.69, 9.17) is 9.47 Å². The number of nitrogens with one attached hydrogen (secondary N) is 1. The second-order valence-corrected chi connectivity index (χ2v) is 7.45. The van der Waals surface area contributed by atoms with E-state index in [0.717, 1.165) is 11.1 Å². The van der Waals surface area contributed by atoms with Crippen LogP contribution in [0.15, 0.2) is 60.7 Å². The van der Waals surface area contributed by atoms with E-state index in [-0.39, 0.29) is 19.1 Å². The molecule has 1 unspecified atom stereocenters. The van der Waals surface area contributed by atoms with Gasteiger partial charge < -0.3 is 14.8 Å². The Morgan fingerprint density at radius 3 is 2.48 bits per heavy atom. The molecule has 0 bridgehead atoms. The maximum absolute atomic E-state index is 13.0. The van der Waals surface area contributed by atoms with Gasteiger partial charge in [-0.05, 0) is 61.7 Å². The van der Waals surface area contributed by atoms with E-state index in [1.165, 1.54) is 4.90 Å². The van der Waals surface area contributed by atoms with Crippen molar-refractivity contribution in [3.8, 4) is 11.5 Å². The van der Waals surface area contributed by atoms with Crippen LogP contribution in [0.2, 0.25) is 0 Å². The Labute approximate surface area is 171 Å². The predicted octanol–water partition coefficient (Wildman–Crippen LogP) is 3.80. The van der Waals surface area contributed by atoms with Crippen LogP contribution >= 0.6 is 0 Å². The van der Waals surface area contributed by atoms with Crippen molar-refractivity contribution in [2.75, 3.05) is 19.8 Å². The highest BCUT2D eigenvalue weighted by molar-refractivity contribution is 6.07. The molecule has 3 rings (SSSR count). The number of ether oxygens (including phenoxy) is 2. The summed E-state index contributed by atoms with van der Waals surface area (Å²) < 4.78 is 11.3. The van der Waals surface area contributed by atoms with E-state index in [1.54, 1.807) is 31.2 Å². The molecule has 6 heteroatoms. The van der Waals surface area contributed by atoms with Crippen molar-refractivity contribution in [3.05, 3.63) is 71.8 Å². The number of hydrogen-bond donors (Lipinski definition) is 1. The topological polar surface area (TPSA) is 67.9 Å². The van der Waals surface area contributed by atoms with Gasteiger partial charge in [-0.1, -0.05) is 30.8 Å². The zero-order valence-corrected chi connectivity index (χ0v) is 17.0. The van der Waals surface area contributed by atoms with Crippen molar-refractivity contribution < 1.29 is 19.1 Å². The number of nitrogens with zero attached hydrogens (tertiary/aromatic N) is 1. The van der Waals surface area contributed by atoms with Gasteiger partial charge in [0.15, 0.2) is 0 Å². The van der Waals surface area contributed by atoms with Crippen LogP contribution in [0.25, 0.3) is 0 Å². The van der Waals surface area contributed by atoms with E-state index < -0.39 is 11.6 Å². The highest BCUT2D eigenvalue weighted by Gasteiger charge is 2.48. The molecular formula is C23H26N2O4. The molecule has 1 aliphatic heterocycles. The monoisotopic (exact) mass is 394 g/mol. The van der Waals surface area contributed by atoms with Crippen LogP contribution in [0.1, 0.15) is 25.0 Å². The molecule has 1 saturated heterocycles. The minimum atomic E-state index is -1.12. The van der Waals surface area contributed by atoms with Crippen molar-refractivity contribution >= 4 is 11.9 Å². The van der Waals surface area contributed by atoms with Crippen molar-refractivity contribution in [2.24, 2.45) is 0 Å². The Morgan fingerprint density at radius 1 is 1.10 bits per heavy atom. The largest absolute Gasteiger partial charge is 0.492 e. The lowest BCUT2D eigenvalue weighted by molar-refractivity contribution is -0.131. The van der Waals surface area contributed by atoms with Gasteiger partial charge in [0.1, 0.15) is 30.3 Å². The maximum atomic E-state index is 13.0. The van der Waals surface area contributed by atoms with Gasteiger partial charge >= 0.3 is 6.03 Å². The van der Waals surface area contributed by atoms with Gasteiger partial charge in [0.05, 0.1) is 6.54 Å². The normalized spacial score (nSPS) is 18.5. The number of carbonyl (C=O) groups excluding carboxylic acids is 2. The molecule has 0 aliphatic carbocycles. The molecule has 29 heavy (non-hydrogen) atoms. The van der Waals surface area contributed by atoms with Crippen LogP contribution in [0, 0.1) is 6.92 Å². The number of carbonyl (C=O) groups is 2. The molecule has 1 aliphatic rings. The lowest BCUT2D eigenvalue weighted by atomic mass is 9.92. The zero-order chi connectivity index (χ0) is 21.0. The number of rotatable bonds is 8. The summed E-state index contributed by atoms with van der Waals surface area (Å²) in [7, 11) is 0. The molecule has 1 N–H and O–H groups in total. The Morgan fingerprint density at radius 2 is 1.83 bits per heavy atom.